The summed E-state index contributed by atoms with van der Waals surface area (Å²) in [5, 5.41) is 0.667. The van der Waals surface area contributed by atoms with Crippen molar-refractivity contribution in [3.8, 4) is 5.75 Å². The molecule has 0 aliphatic carbocycles. The molecule has 1 aromatic carbocycles. The van der Waals surface area contributed by atoms with Gasteiger partial charge in [0.25, 0.3) is 0 Å². The zero-order valence-electron chi connectivity index (χ0n) is 14.2. The van der Waals surface area contributed by atoms with Gasteiger partial charge in [-0.1, -0.05) is 32.4 Å². The van der Waals surface area contributed by atoms with Crippen molar-refractivity contribution in [1.82, 2.24) is 10.9 Å². The molecule has 0 aromatic heterocycles. The smallest absolute Gasteiger partial charge is 0.238 e. The molecule has 5 nitrogen and oxygen atoms in total. The third-order valence-corrected chi connectivity index (χ3v) is 3.21. The van der Waals surface area contributed by atoms with E-state index in [9.17, 15) is 9.59 Å². The van der Waals surface area contributed by atoms with Gasteiger partial charge in [0.1, 0.15) is 5.75 Å². The lowest BCUT2D eigenvalue weighted by Gasteiger charge is -2.17. The Labute approximate surface area is 142 Å². The maximum Gasteiger partial charge on any atom is 0.238 e. The molecular weight excluding hydrogens is 316 g/mol. The third kappa shape index (κ3) is 8.45. The molecule has 0 atom stereocenters. The maximum atomic E-state index is 11.6. The highest BCUT2D eigenvalue weighted by molar-refractivity contribution is 6.30. The van der Waals surface area contributed by atoms with Crippen molar-refractivity contribution in [2.45, 2.75) is 47.0 Å². The average molecular weight is 341 g/mol. The Bertz CT molecular complexity index is 553. The Morgan fingerprint density at radius 1 is 1.17 bits per heavy atom. The standard InChI is InChI=1S/C17H25ClN2O3/c1-12-10-13(18)7-8-14(12)23-9-5-6-15(21)19-20-16(22)11-17(2,3)4/h7-8,10H,5-6,9,11H2,1-4H3,(H,19,21)(H,20,22). The van der Waals surface area contributed by atoms with Crippen molar-refractivity contribution in [2.75, 3.05) is 6.61 Å². The molecule has 0 unspecified atom stereocenters. The van der Waals surface area contributed by atoms with Crippen LogP contribution in [0, 0.1) is 12.3 Å². The van der Waals surface area contributed by atoms with Gasteiger partial charge in [-0.15, -0.1) is 0 Å². The minimum Gasteiger partial charge on any atom is -0.493 e. The summed E-state index contributed by atoms with van der Waals surface area (Å²) in [5.41, 5.74) is 5.67. The van der Waals surface area contributed by atoms with Crippen LogP contribution in [0.3, 0.4) is 0 Å². The van der Waals surface area contributed by atoms with E-state index in [2.05, 4.69) is 10.9 Å². The van der Waals surface area contributed by atoms with Crippen molar-refractivity contribution in [1.29, 1.82) is 0 Å². The van der Waals surface area contributed by atoms with Crippen LogP contribution in [0.1, 0.15) is 45.6 Å². The largest absolute Gasteiger partial charge is 0.493 e. The zero-order valence-corrected chi connectivity index (χ0v) is 14.9. The Hall–Kier alpha value is -1.75. The summed E-state index contributed by atoms with van der Waals surface area (Å²) in [6.45, 7) is 8.23. The molecule has 0 radical (unpaired) electrons. The summed E-state index contributed by atoms with van der Waals surface area (Å²) in [6.07, 6.45) is 1.19. The normalized spacial score (nSPS) is 11.0. The summed E-state index contributed by atoms with van der Waals surface area (Å²) in [7, 11) is 0. The summed E-state index contributed by atoms with van der Waals surface area (Å²) < 4.78 is 5.61. The van der Waals surface area contributed by atoms with Crippen LogP contribution in [0.15, 0.2) is 18.2 Å². The maximum absolute atomic E-state index is 11.6. The summed E-state index contributed by atoms with van der Waals surface area (Å²) in [4.78, 5) is 23.2. The number of ether oxygens (including phenoxy) is 1. The number of hydrogen-bond donors (Lipinski definition) is 2. The highest BCUT2D eigenvalue weighted by Crippen LogP contribution is 2.22. The molecule has 1 rings (SSSR count). The van der Waals surface area contributed by atoms with Gasteiger partial charge in [-0.2, -0.15) is 0 Å². The van der Waals surface area contributed by atoms with Gasteiger partial charge in [-0.3, -0.25) is 20.4 Å². The van der Waals surface area contributed by atoms with Gasteiger partial charge < -0.3 is 4.74 Å². The average Bonchev–Trinajstić information content (AvgIpc) is 2.41. The number of aryl methyl sites for hydroxylation is 1. The molecule has 2 amide bonds. The predicted octanol–water partition coefficient (Wildman–Crippen LogP) is 3.39. The SMILES string of the molecule is Cc1cc(Cl)ccc1OCCCC(=O)NNC(=O)CC(C)(C)C. The summed E-state index contributed by atoms with van der Waals surface area (Å²) in [6, 6.07) is 5.40. The number of nitrogens with one attached hydrogen (secondary N) is 2. The van der Waals surface area contributed by atoms with E-state index in [1.807, 2.05) is 39.8 Å². The fourth-order valence-electron chi connectivity index (χ4n) is 1.92. The van der Waals surface area contributed by atoms with Crippen molar-refractivity contribution in [2.24, 2.45) is 5.41 Å². The lowest BCUT2D eigenvalue weighted by atomic mass is 9.92. The van der Waals surface area contributed by atoms with Crippen LogP contribution in [0.5, 0.6) is 5.75 Å². The van der Waals surface area contributed by atoms with E-state index in [1.165, 1.54) is 0 Å². The molecule has 0 bridgehead atoms. The van der Waals surface area contributed by atoms with Crippen molar-refractivity contribution < 1.29 is 14.3 Å². The molecule has 0 spiro atoms. The van der Waals surface area contributed by atoms with Gasteiger partial charge in [0, 0.05) is 17.9 Å². The van der Waals surface area contributed by atoms with Gasteiger partial charge in [-0.25, -0.2) is 0 Å². The number of benzene rings is 1. The fourth-order valence-corrected chi connectivity index (χ4v) is 2.14. The van der Waals surface area contributed by atoms with Gasteiger partial charge >= 0.3 is 0 Å². The van der Waals surface area contributed by atoms with Gasteiger partial charge in [0.15, 0.2) is 0 Å². The molecule has 0 saturated heterocycles. The second-order valence-electron chi connectivity index (χ2n) is 6.70. The molecule has 2 N–H and O–H groups in total. The van der Waals surface area contributed by atoms with E-state index in [0.717, 1.165) is 11.3 Å². The first-order valence-electron chi connectivity index (χ1n) is 7.64. The van der Waals surface area contributed by atoms with Crippen LogP contribution in [-0.2, 0) is 9.59 Å². The summed E-state index contributed by atoms with van der Waals surface area (Å²) >= 11 is 5.88. The first-order valence-corrected chi connectivity index (χ1v) is 8.02. The van der Waals surface area contributed by atoms with Crippen LogP contribution >= 0.6 is 11.6 Å². The first-order chi connectivity index (χ1) is 10.7. The van der Waals surface area contributed by atoms with E-state index < -0.39 is 0 Å². The fraction of sp³-hybridized carbons (Fsp3) is 0.529. The first kappa shape index (κ1) is 19.3. The van der Waals surface area contributed by atoms with Crippen LogP contribution in [-0.4, -0.2) is 18.4 Å². The molecule has 0 heterocycles. The number of rotatable bonds is 6. The lowest BCUT2D eigenvalue weighted by molar-refractivity contribution is -0.130. The molecule has 1 aromatic rings. The van der Waals surface area contributed by atoms with E-state index in [1.54, 1.807) is 6.07 Å². The molecule has 0 saturated carbocycles. The zero-order chi connectivity index (χ0) is 17.5. The van der Waals surface area contributed by atoms with E-state index in [-0.39, 0.29) is 23.7 Å². The Morgan fingerprint density at radius 3 is 2.43 bits per heavy atom. The minimum absolute atomic E-state index is 0.112. The molecule has 128 valence electrons. The van der Waals surface area contributed by atoms with Gasteiger partial charge in [0.2, 0.25) is 11.8 Å². The van der Waals surface area contributed by atoms with Crippen LogP contribution in [0.4, 0.5) is 0 Å². The Kier molecular flexibility index (Phi) is 7.36. The van der Waals surface area contributed by atoms with Crippen LogP contribution in [0.2, 0.25) is 5.02 Å². The minimum atomic E-state index is -0.233. The third-order valence-electron chi connectivity index (χ3n) is 2.97. The second kappa shape index (κ2) is 8.77. The Balaban J connectivity index is 2.20. The Morgan fingerprint density at radius 2 is 1.83 bits per heavy atom. The molecule has 0 aliphatic rings. The molecule has 23 heavy (non-hydrogen) atoms. The number of amides is 2. The van der Waals surface area contributed by atoms with E-state index >= 15 is 0 Å². The van der Waals surface area contributed by atoms with Crippen LogP contribution < -0.4 is 15.6 Å². The summed E-state index contributed by atoms with van der Waals surface area (Å²) in [5.74, 6) is 0.330. The predicted molar refractivity (Wildman–Crippen MR) is 91.3 cm³/mol. The molecule has 0 aliphatic heterocycles. The van der Waals surface area contributed by atoms with Crippen molar-refractivity contribution in [3.63, 3.8) is 0 Å². The van der Waals surface area contributed by atoms with E-state index in [0.29, 0.717) is 24.5 Å². The topological polar surface area (TPSA) is 67.4 Å². The number of carbonyl (C=O) groups excluding carboxylic acids is 2. The van der Waals surface area contributed by atoms with Gasteiger partial charge in [0.05, 0.1) is 6.61 Å². The molecule has 0 fully saturated rings. The molecule has 6 heteroatoms. The van der Waals surface area contributed by atoms with Crippen molar-refractivity contribution in [3.05, 3.63) is 28.8 Å². The number of hydrazine groups is 1. The molecular formula is C17H25ClN2O3. The number of halogens is 1. The van der Waals surface area contributed by atoms with E-state index in [4.69, 9.17) is 16.3 Å². The van der Waals surface area contributed by atoms with Crippen molar-refractivity contribution >= 4 is 23.4 Å². The van der Waals surface area contributed by atoms with Crippen LogP contribution in [0.25, 0.3) is 0 Å². The number of hydrogen-bond acceptors (Lipinski definition) is 3. The van der Waals surface area contributed by atoms with Gasteiger partial charge in [-0.05, 0) is 42.5 Å². The quantitative estimate of drug-likeness (QED) is 0.616. The highest BCUT2D eigenvalue weighted by atomic mass is 35.5. The monoisotopic (exact) mass is 340 g/mol. The second-order valence-corrected chi connectivity index (χ2v) is 7.13. The number of carbonyl (C=O) groups is 2. The lowest BCUT2D eigenvalue weighted by Crippen LogP contribution is -2.42. The highest BCUT2D eigenvalue weighted by Gasteiger charge is 2.16.